The van der Waals surface area contributed by atoms with Gasteiger partial charge in [-0.05, 0) is 18.2 Å². The van der Waals surface area contributed by atoms with Crippen molar-refractivity contribution in [2.24, 2.45) is 5.14 Å². The summed E-state index contributed by atoms with van der Waals surface area (Å²) >= 11 is 0. The van der Waals surface area contributed by atoms with Crippen molar-refractivity contribution in [3.63, 3.8) is 0 Å². The zero-order chi connectivity index (χ0) is 13.3. The third-order valence-corrected chi connectivity index (χ3v) is 3.24. The van der Waals surface area contributed by atoms with E-state index in [1.807, 2.05) is 0 Å². The average molecular weight is 269 g/mol. The minimum atomic E-state index is -3.56. The van der Waals surface area contributed by atoms with Crippen LogP contribution in [-0.4, -0.2) is 34.8 Å². The van der Waals surface area contributed by atoms with Crippen molar-refractivity contribution in [1.29, 1.82) is 0 Å². The Morgan fingerprint density at radius 2 is 2.17 bits per heavy atom. The highest BCUT2D eigenvalue weighted by molar-refractivity contribution is 7.89. The molecule has 0 saturated carbocycles. The molecule has 2 rings (SSSR count). The van der Waals surface area contributed by atoms with Crippen molar-refractivity contribution in [3.8, 4) is 0 Å². The molecule has 1 aromatic heterocycles. The Hall–Kier alpha value is -1.93. The fourth-order valence-electron chi connectivity index (χ4n) is 1.59. The van der Waals surface area contributed by atoms with Crippen molar-refractivity contribution in [2.45, 2.75) is 6.54 Å². The zero-order valence-corrected chi connectivity index (χ0v) is 10.1. The average Bonchev–Trinajstić information content (AvgIpc) is 2.67. The van der Waals surface area contributed by atoms with E-state index >= 15 is 0 Å². The number of aromatic nitrogens is 2. The molecule has 1 aromatic carbocycles. The molecule has 2 aromatic rings. The second-order valence-corrected chi connectivity index (χ2v) is 5.55. The molecule has 8 heteroatoms. The number of carboxylic acids is 1. The highest BCUT2D eigenvalue weighted by Gasteiger charge is 2.09. The predicted octanol–water partition coefficient (Wildman–Crippen LogP) is 0.0230. The van der Waals surface area contributed by atoms with E-state index in [9.17, 15) is 13.2 Å². The number of primary sulfonamides is 1. The first-order valence-corrected chi connectivity index (χ1v) is 6.77. The number of hydrogen-bond acceptors (Lipinski definition) is 4. The number of nitrogens with zero attached hydrogens (tertiary/aromatic N) is 2. The molecule has 0 aliphatic heterocycles. The van der Waals surface area contributed by atoms with Crippen LogP contribution >= 0.6 is 0 Å². The molecule has 3 N–H and O–H groups in total. The number of imidazole rings is 1. The number of aromatic carboxylic acids is 1. The molecular weight excluding hydrogens is 258 g/mol. The van der Waals surface area contributed by atoms with Gasteiger partial charge >= 0.3 is 5.97 Å². The van der Waals surface area contributed by atoms with E-state index < -0.39 is 16.0 Å². The van der Waals surface area contributed by atoms with Crippen LogP contribution in [-0.2, 0) is 16.6 Å². The molecule has 0 saturated heterocycles. The second-order valence-electron chi connectivity index (χ2n) is 3.81. The number of hydrogen-bond donors (Lipinski definition) is 2. The van der Waals surface area contributed by atoms with Crippen LogP contribution in [0.5, 0.6) is 0 Å². The maximum absolute atomic E-state index is 10.9. The molecule has 0 aliphatic carbocycles. The van der Waals surface area contributed by atoms with Gasteiger partial charge in [0.1, 0.15) is 0 Å². The first kappa shape index (κ1) is 12.5. The predicted molar refractivity (Wildman–Crippen MR) is 64.7 cm³/mol. The van der Waals surface area contributed by atoms with Gasteiger partial charge in [-0.3, -0.25) is 0 Å². The fraction of sp³-hybridized carbons (Fsp3) is 0.200. The normalized spacial score (nSPS) is 11.8. The first-order valence-electron chi connectivity index (χ1n) is 5.05. The lowest BCUT2D eigenvalue weighted by atomic mass is 10.2. The minimum Gasteiger partial charge on any atom is -0.478 e. The fourth-order valence-corrected chi connectivity index (χ4v) is 2.04. The van der Waals surface area contributed by atoms with E-state index in [1.165, 1.54) is 18.5 Å². The van der Waals surface area contributed by atoms with Gasteiger partial charge in [0, 0.05) is 6.54 Å². The molecular formula is C10H11N3O4S. The van der Waals surface area contributed by atoms with Gasteiger partial charge in [-0.25, -0.2) is 23.3 Å². The lowest BCUT2D eigenvalue weighted by Gasteiger charge is -2.03. The monoisotopic (exact) mass is 269 g/mol. The number of aryl methyl sites for hydroxylation is 1. The SMILES string of the molecule is NS(=O)(=O)CCn1cnc2ccc(C(=O)O)cc21. The molecule has 18 heavy (non-hydrogen) atoms. The van der Waals surface area contributed by atoms with Gasteiger partial charge in [0.2, 0.25) is 10.0 Å². The number of rotatable bonds is 4. The third-order valence-electron chi connectivity index (χ3n) is 2.48. The number of fused-ring (bicyclic) bond motifs is 1. The summed E-state index contributed by atoms with van der Waals surface area (Å²) in [6.45, 7) is 0.137. The topological polar surface area (TPSA) is 115 Å². The largest absolute Gasteiger partial charge is 0.478 e. The molecule has 7 nitrogen and oxygen atoms in total. The number of carboxylic acid groups (broad SMARTS) is 1. The Kier molecular flexibility index (Phi) is 3.05. The van der Waals surface area contributed by atoms with Gasteiger partial charge in [-0.15, -0.1) is 0 Å². The van der Waals surface area contributed by atoms with Crippen LogP contribution in [0, 0.1) is 0 Å². The van der Waals surface area contributed by atoms with Crippen LogP contribution in [0.2, 0.25) is 0 Å². The molecule has 0 fully saturated rings. The van der Waals surface area contributed by atoms with Crippen LogP contribution in [0.1, 0.15) is 10.4 Å². The van der Waals surface area contributed by atoms with Gasteiger partial charge in [-0.1, -0.05) is 0 Å². The molecule has 96 valence electrons. The maximum Gasteiger partial charge on any atom is 0.335 e. The molecule has 0 atom stereocenters. The lowest BCUT2D eigenvalue weighted by molar-refractivity contribution is 0.0697. The minimum absolute atomic E-state index is 0.125. The summed E-state index contributed by atoms with van der Waals surface area (Å²) in [4.78, 5) is 14.9. The number of carbonyl (C=O) groups is 1. The Morgan fingerprint density at radius 3 is 2.78 bits per heavy atom. The number of sulfonamides is 1. The first-order chi connectivity index (χ1) is 8.37. The molecule has 1 heterocycles. The van der Waals surface area contributed by atoms with Gasteiger partial charge < -0.3 is 9.67 Å². The highest BCUT2D eigenvalue weighted by atomic mass is 32.2. The molecule has 0 unspecified atom stereocenters. The Balaban J connectivity index is 2.39. The summed E-state index contributed by atoms with van der Waals surface area (Å²) in [6, 6.07) is 4.47. The van der Waals surface area contributed by atoms with Gasteiger partial charge in [0.15, 0.2) is 0 Å². The summed E-state index contributed by atoms with van der Waals surface area (Å²) in [5, 5.41) is 13.8. The van der Waals surface area contributed by atoms with Gasteiger partial charge in [0.05, 0.1) is 28.7 Å². The Bertz CT molecular complexity index is 705. The number of benzene rings is 1. The summed E-state index contributed by atoms with van der Waals surface area (Å²) in [5.41, 5.74) is 1.30. The highest BCUT2D eigenvalue weighted by Crippen LogP contribution is 2.15. The third kappa shape index (κ3) is 2.66. The molecule has 0 aliphatic rings. The van der Waals surface area contributed by atoms with Crippen molar-refractivity contribution in [2.75, 3.05) is 5.75 Å². The van der Waals surface area contributed by atoms with Crippen LogP contribution in [0.15, 0.2) is 24.5 Å². The van der Waals surface area contributed by atoms with Gasteiger partial charge in [0.25, 0.3) is 0 Å². The van der Waals surface area contributed by atoms with Crippen LogP contribution in [0.25, 0.3) is 11.0 Å². The van der Waals surface area contributed by atoms with Crippen molar-refractivity contribution < 1.29 is 18.3 Å². The van der Waals surface area contributed by atoms with E-state index in [1.54, 1.807) is 10.6 Å². The molecule has 0 amide bonds. The van der Waals surface area contributed by atoms with Crippen molar-refractivity contribution in [3.05, 3.63) is 30.1 Å². The molecule has 0 spiro atoms. The Labute approximate surface area is 103 Å². The summed E-state index contributed by atoms with van der Waals surface area (Å²) in [7, 11) is -3.56. The van der Waals surface area contributed by atoms with Crippen molar-refractivity contribution >= 4 is 27.0 Å². The summed E-state index contributed by atoms with van der Waals surface area (Å²) in [6.07, 6.45) is 1.46. The standard InChI is InChI=1S/C10H11N3O4S/c11-18(16,17)4-3-13-6-12-8-2-1-7(10(14)15)5-9(8)13/h1-2,5-6H,3-4H2,(H,14,15)(H2,11,16,17). The quantitative estimate of drug-likeness (QED) is 0.812. The Morgan fingerprint density at radius 1 is 1.44 bits per heavy atom. The zero-order valence-electron chi connectivity index (χ0n) is 9.28. The van der Waals surface area contributed by atoms with E-state index in [0.29, 0.717) is 11.0 Å². The van der Waals surface area contributed by atoms with E-state index in [2.05, 4.69) is 4.98 Å². The second kappa shape index (κ2) is 4.39. The van der Waals surface area contributed by atoms with Crippen LogP contribution in [0.4, 0.5) is 0 Å². The smallest absolute Gasteiger partial charge is 0.335 e. The van der Waals surface area contributed by atoms with Crippen LogP contribution in [0.3, 0.4) is 0 Å². The lowest BCUT2D eigenvalue weighted by Crippen LogP contribution is -2.20. The van der Waals surface area contributed by atoms with E-state index in [0.717, 1.165) is 0 Å². The van der Waals surface area contributed by atoms with E-state index in [4.69, 9.17) is 10.2 Å². The number of nitrogens with two attached hydrogens (primary N) is 1. The summed E-state index contributed by atoms with van der Waals surface area (Å²) in [5.74, 6) is -1.27. The molecule has 0 bridgehead atoms. The van der Waals surface area contributed by atoms with E-state index in [-0.39, 0.29) is 17.9 Å². The van der Waals surface area contributed by atoms with Crippen LogP contribution < -0.4 is 5.14 Å². The summed E-state index contributed by atoms with van der Waals surface area (Å²) < 4.78 is 23.3. The van der Waals surface area contributed by atoms with Gasteiger partial charge in [-0.2, -0.15) is 0 Å². The molecule has 0 radical (unpaired) electrons. The maximum atomic E-state index is 10.9. The van der Waals surface area contributed by atoms with Crippen molar-refractivity contribution in [1.82, 2.24) is 9.55 Å².